The van der Waals surface area contributed by atoms with Crippen molar-refractivity contribution in [3.05, 3.63) is 59.2 Å². The van der Waals surface area contributed by atoms with Crippen molar-refractivity contribution in [2.24, 2.45) is 11.3 Å². The molecule has 2 aromatic carbocycles. The largest absolute Gasteiger partial charge is 0.416 e. The van der Waals surface area contributed by atoms with Gasteiger partial charge in [-0.1, -0.05) is 32.0 Å². The summed E-state index contributed by atoms with van der Waals surface area (Å²) in [7, 11) is 0. The first-order valence-corrected chi connectivity index (χ1v) is 11.2. The highest BCUT2D eigenvalue weighted by Crippen LogP contribution is 2.48. The fourth-order valence-corrected chi connectivity index (χ4v) is 4.57. The molecular formula is C25H24F6N2O2. The summed E-state index contributed by atoms with van der Waals surface area (Å²) in [6.07, 6.45) is -8.30. The molecule has 188 valence electrons. The van der Waals surface area contributed by atoms with Gasteiger partial charge in [-0.05, 0) is 54.5 Å². The van der Waals surface area contributed by atoms with Gasteiger partial charge < -0.3 is 10.2 Å². The van der Waals surface area contributed by atoms with E-state index in [9.17, 15) is 35.9 Å². The Balaban J connectivity index is 1.67. The zero-order valence-electron chi connectivity index (χ0n) is 19.1. The Labute approximate surface area is 198 Å². The number of amides is 2. The number of para-hydroxylation sites is 1. The molecule has 1 N–H and O–H groups in total. The predicted molar refractivity (Wildman–Crippen MR) is 118 cm³/mol. The number of hydrogen-bond acceptors (Lipinski definition) is 2. The van der Waals surface area contributed by atoms with E-state index in [1.54, 1.807) is 26.0 Å². The lowest BCUT2D eigenvalue weighted by atomic mass is 9.75. The Kier molecular flexibility index (Phi) is 6.13. The molecule has 0 radical (unpaired) electrons. The summed E-state index contributed by atoms with van der Waals surface area (Å²) in [6.45, 7) is 3.39. The summed E-state index contributed by atoms with van der Waals surface area (Å²) in [5.74, 6) is -1.20. The van der Waals surface area contributed by atoms with E-state index in [1.165, 1.54) is 4.90 Å². The quantitative estimate of drug-likeness (QED) is 0.471. The van der Waals surface area contributed by atoms with E-state index in [0.717, 1.165) is 18.4 Å². The van der Waals surface area contributed by atoms with Gasteiger partial charge in [0.25, 0.3) is 0 Å². The molecule has 0 bridgehead atoms. The number of carbonyl (C=O) groups is 2. The van der Waals surface area contributed by atoms with Gasteiger partial charge in [-0.25, -0.2) is 0 Å². The van der Waals surface area contributed by atoms with Gasteiger partial charge in [-0.15, -0.1) is 0 Å². The Morgan fingerprint density at radius 1 is 1.00 bits per heavy atom. The van der Waals surface area contributed by atoms with E-state index < -0.39 is 46.4 Å². The number of anilines is 2. The van der Waals surface area contributed by atoms with Crippen molar-refractivity contribution in [3.63, 3.8) is 0 Å². The lowest BCUT2D eigenvalue weighted by Crippen LogP contribution is -2.43. The maximum atomic E-state index is 13.4. The van der Waals surface area contributed by atoms with E-state index in [-0.39, 0.29) is 24.9 Å². The van der Waals surface area contributed by atoms with Crippen LogP contribution < -0.4 is 10.2 Å². The first-order chi connectivity index (χ1) is 16.2. The van der Waals surface area contributed by atoms with Gasteiger partial charge in [0.15, 0.2) is 0 Å². The molecular weight excluding hydrogens is 474 g/mol. The summed E-state index contributed by atoms with van der Waals surface area (Å²) in [4.78, 5) is 28.0. The van der Waals surface area contributed by atoms with E-state index in [1.807, 2.05) is 12.1 Å². The summed E-state index contributed by atoms with van der Waals surface area (Å²) < 4.78 is 79.5. The molecule has 1 heterocycles. The molecule has 35 heavy (non-hydrogen) atoms. The summed E-state index contributed by atoms with van der Waals surface area (Å²) in [6, 6.07) is 8.32. The van der Waals surface area contributed by atoms with Crippen LogP contribution in [-0.2, 0) is 21.9 Å². The van der Waals surface area contributed by atoms with Crippen LogP contribution in [0.4, 0.5) is 37.7 Å². The number of benzene rings is 2. The molecule has 0 spiro atoms. The van der Waals surface area contributed by atoms with Crippen LogP contribution in [0, 0.1) is 11.3 Å². The van der Waals surface area contributed by atoms with Crippen molar-refractivity contribution in [1.82, 2.24) is 0 Å². The molecule has 2 fully saturated rings. The molecule has 1 saturated carbocycles. The van der Waals surface area contributed by atoms with Gasteiger partial charge >= 0.3 is 12.4 Å². The third-order valence-electron chi connectivity index (χ3n) is 6.86. The first kappa shape index (κ1) is 25.1. The van der Waals surface area contributed by atoms with E-state index >= 15 is 0 Å². The predicted octanol–water partition coefficient (Wildman–Crippen LogP) is 6.62. The lowest BCUT2D eigenvalue weighted by Gasteiger charge is -2.32. The van der Waals surface area contributed by atoms with Gasteiger partial charge in [0, 0.05) is 24.3 Å². The maximum Gasteiger partial charge on any atom is 0.416 e. The van der Waals surface area contributed by atoms with Crippen molar-refractivity contribution in [2.75, 3.05) is 16.8 Å². The van der Waals surface area contributed by atoms with E-state index in [4.69, 9.17) is 0 Å². The highest BCUT2D eigenvalue weighted by molar-refractivity contribution is 6.06. The molecule has 10 heteroatoms. The molecule has 2 aliphatic rings. The summed E-state index contributed by atoms with van der Waals surface area (Å²) >= 11 is 0. The average Bonchev–Trinajstić information content (AvgIpc) is 3.54. The zero-order valence-corrected chi connectivity index (χ0v) is 19.1. The van der Waals surface area contributed by atoms with Crippen molar-refractivity contribution < 1.29 is 35.9 Å². The van der Waals surface area contributed by atoms with Gasteiger partial charge in [-0.3, -0.25) is 9.59 Å². The van der Waals surface area contributed by atoms with Gasteiger partial charge in [0.2, 0.25) is 11.8 Å². The number of nitrogens with one attached hydrogen (secondary N) is 1. The summed E-state index contributed by atoms with van der Waals surface area (Å²) in [5.41, 5.74) is -3.32. The number of alkyl halides is 6. The monoisotopic (exact) mass is 498 g/mol. The number of halogens is 6. The van der Waals surface area contributed by atoms with Gasteiger partial charge in [0.05, 0.1) is 16.5 Å². The standard InChI is InChI=1S/C25H24F6N2O2/c1-14(2)23(12-21(34)33(13-23)20-6-4-3-5-19(20)15-7-8-15)22(35)32-18-10-16(24(26,27)28)9-17(11-18)25(29,30)31/h3-6,9-11,14-15H,7-8,12-13H2,1-2H3,(H,32,35). The Morgan fingerprint density at radius 2 is 1.57 bits per heavy atom. The smallest absolute Gasteiger partial charge is 0.326 e. The molecule has 4 nitrogen and oxygen atoms in total. The number of hydrogen-bond donors (Lipinski definition) is 1. The molecule has 1 aliphatic carbocycles. The molecule has 0 aromatic heterocycles. The first-order valence-electron chi connectivity index (χ1n) is 11.2. The molecule has 4 rings (SSSR count). The second-order valence-corrected chi connectivity index (χ2v) is 9.55. The molecule has 1 saturated heterocycles. The molecule has 2 amide bonds. The minimum Gasteiger partial charge on any atom is -0.326 e. The van der Waals surface area contributed by atoms with Crippen molar-refractivity contribution in [3.8, 4) is 0 Å². The number of nitrogens with zero attached hydrogens (tertiary/aromatic N) is 1. The van der Waals surface area contributed by atoms with Crippen molar-refractivity contribution in [2.45, 2.75) is 51.4 Å². The normalized spacial score (nSPS) is 21.1. The van der Waals surface area contributed by atoms with E-state index in [2.05, 4.69) is 5.32 Å². The van der Waals surface area contributed by atoms with Crippen molar-refractivity contribution in [1.29, 1.82) is 0 Å². The minimum atomic E-state index is -5.04. The van der Waals surface area contributed by atoms with Crippen LogP contribution >= 0.6 is 0 Å². The minimum absolute atomic E-state index is 0.00348. The number of carbonyl (C=O) groups excluding carboxylic acids is 2. The van der Waals surface area contributed by atoms with E-state index in [0.29, 0.717) is 23.7 Å². The fourth-order valence-electron chi connectivity index (χ4n) is 4.57. The average molecular weight is 498 g/mol. The topological polar surface area (TPSA) is 49.4 Å². The van der Waals surface area contributed by atoms with Gasteiger partial charge in [-0.2, -0.15) is 26.3 Å². The highest BCUT2D eigenvalue weighted by atomic mass is 19.4. The van der Waals surface area contributed by atoms with Crippen LogP contribution in [0.5, 0.6) is 0 Å². The molecule has 2 aromatic rings. The Morgan fingerprint density at radius 3 is 2.09 bits per heavy atom. The number of rotatable bonds is 5. The third-order valence-corrected chi connectivity index (χ3v) is 6.86. The van der Waals surface area contributed by atoms with Crippen LogP contribution in [0.25, 0.3) is 0 Å². The highest BCUT2D eigenvalue weighted by Gasteiger charge is 2.52. The van der Waals surface area contributed by atoms with Crippen LogP contribution in [-0.4, -0.2) is 18.4 Å². The maximum absolute atomic E-state index is 13.4. The molecule has 1 unspecified atom stereocenters. The van der Waals surface area contributed by atoms with Crippen LogP contribution in [0.3, 0.4) is 0 Å². The molecule has 1 aliphatic heterocycles. The third kappa shape index (κ3) is 4.88. The Bertz CT molecular complexity index is 1120. The second kappa shape index (κ2) is 8.57. The van der Waals surface area contributed by atoms with Crippen LogP contribution in [0.15, 0.2) is 42.5 Å². The SMILES string of the molecule is CC(C)C1(C(=O)Nc2cc(C(F)(F)F)cc(C(F)(F)F)c2)CC(=O)N(c2ccccc2C2CC2)C1. The van der Waals surface area contributed by atoms with Crippen LogP contribution in [0.1, 0.15) is 55.7 Å². The van der Waals surface area contributed by atoms with Gasteiger partial charge in [0.1, 0.15) is 0 Å². The zero-order chi connectivity index (χ0) is 25.8. The fraction of sp³-hybridized carbons (Fsp3) is 0.440. The van der Waals surface area contributed by atoms with Crippen molar-refractivity contribution >= 4 is 23.2 Å². The van der Waals surface area contributed by atoms with Crippen LogP contribution in [0.2, 0.25) is 0 Å². The molecule has 1 atom stereocenters. The second-order valence-electron chi connectivity index (χ2n) is 9.55. The lowest BCUT2D eigenvalue weighted by molar-refractivity contribution is -0.143. The Hall–Kier alpha value is -3.04. The summed E-state index contributed by atoms with van der Waals surface area (Å²) in [5, 5.41) is 2.26.